The van der Waals surface area contributed by atoms with Crippen LogP contribution in [0.2, 0.25) is 0 Å². The van der Waals surface area contributed by atoms with Crippen molar-refractivity contribution in [3.63, 3.8) is 0 Å². The molecule has 0 spiro atoms. The zero-order chi connectivity index (χ0) is 22.9. The van der Waals surface area contributed by atoms with Gasteiger partial charge in [-0.05, 0) is 50.1 Å². The lowest BCUT2D eigenvalue weighted by molar-refractivity contribution is 0.102. The second-order valence-electron chi connectivity index (χ2n) is 8.00. The molecule has 1 saturated carbocycles. The fraction of sp³-hybridized carbons (Fsp3) is 0.429. The molecule has 1 fully saturated rings. The lowest BCUT2D eigenvalue weighted by atomic mass is 9.96. The largest absolute Gasteiger partial charge is 0.401 e. The van der Waals surface area contributed by atoms with Gasteiger partial charge in [0.2, 0.25) is 10.0 Å². The zero-order valence-electron chi connectivity index (χ0n) is 18.3. The first-order valence-corrected chi connectivity index (χ1v) is 11.9. The maximum absolute atomic E-state index is 13.0. The van der Waals surface area contributed by atoms with Crippen LogP contribution in [0.1, 0.15) is 48.2 Å². The number of sulfonamides is 1. The lowest BCUT2D eigenvalue weighted by Gasteiger charge is -2.30. The second kappa shape index (κ2) is 8.83. The molecule has 0 aliphatic heterocycles. The van der Waals surface area contributed by atoms with E-state index in [9.17, 15) is 13.2 Å². The second-order valence-corrected chi connectivity index (χ2v) is 10.00. The number of hydrogen-bond acceptors (Lipinski definition) is 7. The van der Waals surface area contributed by atoms with Crippen LogP contribution in [0.5, 0.6) is 0 Å². The van der Waals surface area contributed by atoms with E-state index in [0.717, 1.165) is 37.8 Å². The fourth-order valence-electron chi connectivity index (χ4n) is 3.80. The molecule has 0 unspecified atom stereocenters. The number of amides is 1. The van der Waals surface area contributed by atoms with Crippen molar-refractivity contribution in [2.24, 2.45) is 7.05 Å². The number of aryl methyl sites for hydroxylation is 2. The molecular formula is C21H26N6O4S. The Balaban J connectivity index is 1.44. The van der Waals surface area contributed by atoms with Crippen LogP contribution in [0.4, 0.5) is 6.01 Å². The van der Waals surface area contributed by atoms with Crippen LogP contribution in [0.25, 0.3) is 11.6 Å². The summed E-state index contributed by atoms with van der Waals surface area (Å²) in [7, 11) is -0.190. The van der Waals surface area contributed by atoms with Gasteiger partial charge in [0.15, 0.2) is 0 Å². The average Bonchev–Trinajstić information content (AvgIpc) is 3.40. The molecule has 4 rings (SSSR count). The summed E-state index contributed by atoms with van der Waals surface area (Å²) in [6, 6.07) is 7.57. The molecule has 0 saturated heterocycles. The number of carbonyl (C=O) groups is 1. The van der Waals surface area contributed by atoms with Crippen LogP contribution in [-0.2, 0) is 17.1 Å². The smallest absolute Gasteiger partial charge is 0.322 e. The minimum atomic E-state index is -3.62. The molecule has 1 amide bonds. The molecule has 32 heavy (non-hydrogen) atoms. The first-order chi connectivity index (χ1) is 15.3. The molecule has 2 heterocycles. The number of benzene rings is 1. The summed E-state index contributed by atoms with van der Waals surface area (Å²) in [4.78, 5) is 12.7. The van der Waals surface area contributed by atoms with E-state index in [1.807, 2.05) is 6.92 Å². The van der Waals surface area contributed by atoms with E-state index < -0.39 is 15.9 Å². The van der Waals surface area contributed by atoms with Crippen LogP contribution in [0, 0.1) is 6.92 Å². The van der Waals surface area contributed by atoms with E-state index in [1.165, 1.54) is 28.6 Å². The Morgan fingerprint density at radius 2 is 1.84 bits per heavy atom. The number of carbonyl (C=O) groups excluding carboxylic acids is 1. The molecule has 0 radical (unpaired) electrons. The Morgan fingerprint density at radius 1 is 1.16 bits per heavy atom. The van der Waals surface area contributed by atoms with Crippen molar-refractivity contribution in [3.8, 4) is 11.6 Å². The van der Waals surface area contributed by atoms with Gasteiger partial charge in [-0.3, -0.25) is 14.8 Å². The Labute approximate surface area is 186 Å². The average molecular weight is 459 g/mol. The highest BCUT2D eigenvalue weighted by Gasteiger charge is 2.29. The third-order valence-corrected chi connectivity index (χ3v) is 7.79. The quantitative estimate of drug-likeness (QED) is 0.602. The standard InChI is InChI=1S/C21H26N6O4S/c1-14-13-18(25-26(14)2)20-23-24-21(31-20)22-19(28)15-9-11-17(12-10-15)32(29,30)27(3)16-7-5-4-6-8-16/h9-13,16H,4-8H2,1-3H3,(H,22,24,28). The summed E-state index contributed by atoms with van der Waals surface area (Å²) in [5.41, 5.74) is 1.71. The highest BCUT2D eigenvalue weighted by atomic mass is 32.2. The van der Waals surface area contributed by atoms with Crippen molar-refractivity contribution in [1.82, 2.24) is 24.3 Å². The molecule has 2 aromatic heterocycles. The summed E-state index contributed by atoms with van der Waals surface area (Å²) < 4.78 is 34.5. The van der Waals surface area contributed by atoms with E-state index in [-0.39, 0.29) is 28.4 Å². The molecule has 170 valence electrons. The van der Waals surface area contributed by atoms with Gasteiger partial charge in [0.1, 0.15) is 5.69 Å². The minimum Gasteiger partial charge on any atom is -0.401 e. The van der Waals surface area contributed by atoms with E-state index in [2.05, 4.69) is 20.6 Å². The Kier molecular flexibility index (Phi) is 6.11. The molecule has 1 aliphatic rings. The molecule has 1 aliphatic carbocycles. The van der Waals surface area contributed by atoms with Crippen molar-refractivity contribution >= 4 is 21.9 Å². The van der Waals surface area contributed by atoms with Crippen molar-refractivity contribution in [2.45, 2.75) is 50.0 Å². The number of nitrogens with zero attached hydrogens (tertiary/aromatic N) is 5. The summed E-state index contributed by atoms with van der Waals surface area (Å²) in [6.45, 7) is 1.90. The van der Waals surface area contributed by atoms with Crippen LogP contribution >= 0.6 is 0 Å². The van der Waals surface area contributed by atoms with Gasteiger partial charge in [-0.15, -0.1) is 5.10 Å². The Bertz CT molecular complexity index is 1190. The van der Waals surface area contributed by atoms with Gasteiger partial charge >= 0.3 is 6.01 Å². The van der Waals surface area contributed by atoms with E-state index >= 15 is 0 Å². The van der Waals surface area contributed by atoms with Crippen LogP contribution in [-0.4, -0.2) is 51.7 Å². The summed E-state index contributed by atoms with van der Waals surface area (Å²) in [6.07, 6.45) is 4.99. The zero-order valence-corrected chi connectivity index (χ0v) is 19.1. The van der Waals surface area contributed by atoms with Gasteiger partial charge in [-0.1, -0.05) is 24.4 Å². The van der Waals surface area contributed by atoms with Crippen LogP contribution < -0.4 is 5.32 Å². The van der Waals surface area contributed by atoms with Gasteiger partial charge in [0.05, 0.1) is 4.90 Å². The molecule has 3 aromatic rings. The summed E-state index contributed by atoms with van der Waals surface area (Å²) in [5.74, 6) is -0.293. The van der Waals surface area contributed by atoms with Gasteiger partial charge in [0, 0.05) is 31.4 Å². The first-order valence-electron chi connectivity index (χ1n) is 10.5. The molecule has 11 heteroatoms. The maximum atomic E-state index is 13.0. The predicted molar refractivity (Wildman–Crippen MR) is 117 cm³/mol. The van der Waals surface area contributed by atoms with Crippen LogP contribution in [0.3, 0.4) is 0 Å². The van der Waals surface area contributed by atoms with Crippen molar-refractivity contribution < 1.29 is 17.6 Å². The number of rotatable bonds is 6. The molecule has 1 N–H and O–H groups in total. The Morgan fingerprint density at radius 3 is 2.47 bits per heavy atom. The number of nitrogens with one attached hydrogen (secondary N) is 1. The fourth-order valence-corrected chi connectivity index (χ4v) is 5.21. The van der Waals surface area contributed by atoms with E-state index in [4.69, 9.17) is 4.42 Å². The molecular weight excluding hydrogens is 432 g/mol. The summed E-state index contributed by atoms with van der Waals surface area (Å²) in [5, 5.41) is 14.5. The van der Waals surface area contributed by atoms with Gasteiger partial charge in [0.25, 0.3) is 11.8 Å². The molecule has 10 nitrogen and oxygen atoms in total. The van der Waals surface area contributed by atoms with Crippen molar-refractivity contribution in [1.29, 1.82) is 0 Å². The number of hydrogen-bond donors (Lipinski definition) is 1. The molecule has 0 bridgehead atoms. The topological polar surface area (TPSA) is 123 Å². The monoisotopic (exact) mass is 458 g/mol. The first kappa shape index (κ1) is 22.2. The van der Waals surface area contributed by atoms with Gasteiger partial charge in [-0.25, -0.2) is 8.42 Å². The number of anilines is 1. The maximum Gasteiger partial charge on any atom is 0.322 e. The normalized spacial score (nSPS) is 15.2. The third kappa shape index (κ3) is 4.44. The minimum absolute atomic E-state index is 0.0198. The van der Waals surface area contributed by atoms with Gasteiger partial charge < -0.3 is 4.42 Å². The lowest BCUT2D eigenvalue weighted by Crippen LogP contribution is -2.38. The molecule has 0 atom stereocenters. The highest BCUT2D eigenvalue weighted by molar-refractivity contribution is 7.89. The Hall–Kier alpha value is -3.05. The van der Waals surface area contributed by atoms with Crippen LogP contribution in [0.15, 0.2) is 39.6 Å². The van der Waals surface area contributed by atoms with E-state index in [1.54, 1.807) is 24.8 Å². The van der Waals surface area contributed by atoms with Crippen molar-refractivity contribution in [3.05, 3.63) is 41.6 Å². The summed E-state index contributed by atoms with van der Waals surface area (Å²) >= 11 is 0. The highest BCUT2D eigenvalue weighted by Crippen LogP contribution is 2.26. The third-order valence-electron chi connectivity index (χ3n) is 5.86. The predicted octanol–water partition coefficient (Wildman–Crippen LogP) is 2.98. The molecule has 1 aromatic carbocycles. The van der Waals surface area contributed by atoms with Crippen molar-refractivity contribution in [2.75, 3.05) is 12.4 Å². The SMILES string of the molecule is Cc1cc(-c2nnc(NC(=O)c3ccc(S(=O)(=O)N(C)C4CCCCC4)cc3)o2)nn1C. The van der Waals surface area contributed by atoms with Gasteiger partial charge in [-0.2, -0.15) is 9.40 Å². The van der Waals surface area contributed by atoms with E-state index in [0.29, 0.717) is 5.69 Å². The number of aromatic nitrogens is 4.